The molecule has 0 radical (unpaired) electrons. The highest BCUT2D eigenvalue weighted by molar-refractivity contribution is 5.84. The molecule has 2 aromatic carbocycles. The van der Waals surface area contributed by atoms with E-state index >= 15 is 0 Å². The molecule has 2 fully saturated rings. The number of benzene rings is 2. The molecule has 46 heavy (non-hydrogen) atoms. The second-order valence-corrected chi connectivity index (χ2v) is 11.8. The molecule has 4 aromatic rings. The van der Waals surface area contributed by atoms with Gasteiger partial charge in [-0.25, -0.2) is 14.8 Å². The predicted octanol–water partition coefficient (Wildman–Crippen LogP) is 3.37. The monoisotopic (exact) mass is 634 g/mol. The summed E-state index contributed by atoms with van der Waals surface area (Å²) < 4.78 is 34.8. The van der Waals surface area contributed by atoms with E-state index in [9.17, 15) is 23.2 Å². The van der Waals surface area contributed by atoms with Crippen LogP contribution in [0.2, 0.25) is 0 Å². The topological polar surface area (TPSA) is 109 Å². The van der Waals surface area contributed by atoms with Gasteiger partial charge in [0.2, 0.25) is 11.9 Å². The molecule has 12 nitrogen and oxygen atoms in total. The predicted molar refractivity (Wildman–Crippen MR) is 168 cm³/mol. The highest BCUT2D eigenvalue weighted by atomic mass is 19.3. The quantitative estimate of drug-likeness (QED) is 0.293. The number of hydrogen-bond acceptors (Lipinski definition) is 7. The molecule has 0 N–H and O–H groups in total. The number of alkyl halides is 2. The largest absolute Gasteiger partial charge is 0.434 e. The molecule has 0 aliphatic carbocycles. The smallest absolute Gasteiger partial charge is 0.387 e. The zero-order valence-electron chi connectivity index (χ0n) is 26.2. The third-order valence-electron chi connectivity index (χ3n) is 8.79. The molecule has 14 heteroatoms. The van der Waals surface area contributed by atoms with Crippen molar-refractivity contribution in [1.29, 1.82) is 0 Å². The lowest BCUT2D eigenvalue weighted by Gasteiger charge is -2.39. The van der Waals surface area contributed by atoms with Crippen molar-refractivity contribution in [2.24, 2.45) is 7.05 Å². The Kier molecular flexibility index (Phi) is 8.36. The van der Waals surface area contributed by atoms with E-state index in [1.165, 1.54) is 10.7 Å². The van der Waals surface area contributed by atoms with Crippen LogP contribution < -0.4 is 15.2 Å². The molecule has 6 rings (SSSR count). The first kappa shape index (κ1) is 31.0. The summed E-state index contributed by atoms with van der Waals surface area (Å²) >= 11 is 0. The number of carbonyl (C=O) groups excluding carboxylic acids is 2. The van der Waals surface area contributed by atoms with Gasteiger partial charge in [0.1, 0.15) is 5.75 Å². The minimum absolute atomic E-state index is 0.00323. The van der Waals surface area contributed by atoms with Crippen molar-refractivity contribution in [3.63, 3.8) is 0 Å². The first-order valence-corrected chi connectivity index (χ1v) is 15.1. The summed E-state index contributed by atoms with van der Waals surface area (Å²) in [5, 5.41) is 0.472. The van der Waals surface area contributed by atoms with Crippen molar-refractivity contribution in [1.82, 2.24) is 34.0 Å². The van der Waals surface area contributed by atoms with Crippen molar-refractivity contribution in [3.05, 3.63) is 70.3 Å². The van der Waals surface area contributed by atoms with Crippen LogP contribution in [0.5, 0.6) is 5.75 Å². The molecule has 2 saturated heterocycles. The Bertz CT molecular complexity index is 1840. The molecule has 242 valence electrons. The minimum atomic E-state index is -3.03. The van der Waals surface area contributed by atoms with Crippen LogP contribution in [0.3, 0.4) is 0 Å². The fraction of sp³-hybridized carbons (Fsp3) is 0.406. The standard InChI is InChI=1S/C32H36F2N8O4/c1-20-17-39(11-12-41(20)21(2)43)31-35-15-25(16-36-31)23-6-7-26-27(14-23)42(38(4)29(26)44)19-24-13-22(5-8-28(24)46-30(33)34)18-40-10-9-37(3)32(40)45/h5-8,13-16,20,30H,9-12,17-19H2,1-4H3. The molecule has 0 spiro atoms. The SMILES string of the molecule is CC(=O)N1CCN(c2ncc(-c3ccc4c(=O)n(C)n(Cc5cc(CN6CCN(C)C6=O)ccc5OC(F)F)c4c3)cn2)CC1C. The Morgan fingerprint density at radius 1 is 0.978 bits per heavy atom. The zero-order valence-corrected chi connectivity index (χ0v) is 26.2. The van der Waals surface area contributed by atoms with E-state index < -0.39 is 6.61 Å². The molecular weight excluding hydrogens is 598 g/mol. The minimum Gasteiger partial charge on any atom is -0.434 e. The van der Waals surface area contributed by atoms with Gasteiger partial charge in [0, 0.05) is 89.9 Å². The molecule has 0 bridgehead atoms. The number of fused-ring (bicyclic) bond motifs is 1. The molecule has 0 saturated carbocycles. The van der Waals surface area contributed by atoms with Gasteiger partial charge in [0.05, 0.1) is 17.4 Å². The summed E-state index contributed by atoms with van der Waals surface area (Å²) in [6, 6.07) is 10.3. The number of ether oxygens (including phenoxy) is 1. The van der Waals surface area contributed by atoms with Gasteiger partial charge in [-0.3, -0.25) is 19.0 Å². The van der Waals surface area contributed by atoms with Crippen LogP contribution in [-0.4, -0.2) is 98.4 Å². The van der Waals surface area contributed by atoms with Gasteiger partial charge < -0.3 is 24.3 Å². The maximum Gasteiger partial charge on any atom is 0.387 e. The number of halogens is 2. The molecular formula is C32H36F2N8O4. The first-order chi connectivity index (χ1) is 22.0. The Labute approximate surface area is 264 Å². The normalized spacial score (nSPS) is 17.1. The van der Waals surface area contributed by atoms with Gasteiger partial charge in [0.25, 0.3) is 5.56 Å². The lowest BCUT2D eigenvalue weighted by Crippen LogP contribution is -2.53. The highest BCUT2D eigenvalue weighted by Gasteiger charge is 2.27. The third kappa shape index (κ3) is 5.98. The molecule has 3 amide bonds. The zero-order chi connectivity index (χ0) is 32.7. The van der Waals surface area contributed by atoms with Crippen LogP contribution in [0, 0.1) is 0 Å². The van der Waals surface area contributed by atoms with Crippen molar-refractivity contribution >= 4 is 28.8 Å². The summed E-state index contributed by atoms with van der Waals surface area (Å²) in [6.45, 7) is 3.99. The molecule has 2 aliphatic rings. The summed E-state index contributed by atoms with van der Waals surface area (Å²) in [6.07, 6.45) is 3.46. The van der Waals surface area contributed by atoms with Crippen LogP contribution in [0.15, 0.2) is 53.6 Å². The number of amides is 3. The molecule has 2 aromatic heterocycles. The van der Waals surface area contributed by atoms with Crippen molar-refractivity contribution < 1.29 is 23.1 Å². The second kappa shape index (κ2) is 12.4. The van der Waals surface area contributed by atoms with Crippen LogP contribution in [0.1, 0.15) is 25.0 Å². The lowest BCUT2D eigenvalue weighted by atomic mass is 10.1. The summed E-state index contributed by atoms with van der Waals surface area (Å²) in [7, 11) is 3.36. The van der Waals surface area contributed by atoms with E-state index in [-0.39, 0.29) is 35.8 Å². The van der Waals surface area contributed by atoms with E-state index in [1.807, 2.05) is 24.0 Å². The fourth-order valence-corrected chi connectivity index (χ4v) is 6.28. The number of anilines is 1. The Hall–Kier alpha value is -5.01. The Balaban J connectivity index is 1.29. The average molecular weight is 635 g/mol. The van der Waals surface area contributed by atoms with E-state index in [0.29, 0.717) is 61.7 Å². The van der Waals surface area contributed by atoms with Gasteiger partial charge in [0.15, 0.2) is 0 Å². The number of piperazine rings is 1. The van der Waals surface area contributed by atoms with E-state index in [0.717, 1.165) is 16.7 Å². The lowest BCUT2D eigenvalue weighted by molar-refractivity contribution is -0.131. The fourth-order valence-electron chi connectivity index (χ4n) is 6.28. The number of urea groups is 1. The van der Waals surface area contributed by atoms with E-state index in [1.54, 1.807) is 66.1 Å². The van der Waals surface area contributed by atoms with Gasteiger partial charge in [-0.1, -0.05) is 12.1 Å². The Morgan fingerprint density at radius 2 is 1.74 bits per heavy atom. The number of aromatic nitrogens is 4. The van der Waals surface area contributed by atoms with Gasteiger partial charge in [-0.15, -0.1) is 0 Å². The maximum absolute atomic E-state index is 13.4. The average Bonchev–Trinajstić information content (AvgIpc) is 3.47. The van der Waals surface area contributed by atoms with Crippen molar-refractivity contribution in [2.75, 3.05) is 44.7 Å². The summed E-state index contributed by atoms with van der Waals surface area (Å²) in [4.78, 5) is 53.9. The summed E-state index contributed by atoms with van der Waals surface area (Å²) in [5.74, 6) is 0.622. The van der Waals surface area contributed by atoms with Crippen molar-refractivity contribution in [2.45, 2.75) is 39.6 Å². The molecule has 4 heterocycles. The third-order valence-corrected chi connectivity index (χ3v) is 8.79. The van der Waals surface area contributed by atoms with Crippen LogP contribution >= 0.6 is 0 Å². The molecule has 1 atom stereocenters. The number of likely N-dealkylation sites (N-methyl/N-ethyl adjacent to an activating group) is 1. The number of rotatable bonds is 8. The summed E-state index contributed by atoms with van der Waals surface area (Å²) in [5.41, 5.74) is 3.10. The number of hydrogen-bond donors (Lipinski definition) is 0. The highest BCUT2D eigenvalue weighted by Crippen LogP contribution is 2.28. The molecule has 2 aliphatic heterocycles. The van der Waals surface area contributed by atoms with Gasteiger partial charge in [-0.2, -0.15) is 8.78 Å². The second-order valence-electron chi connectivity index (χ2n) is 11.8. The van der Waals surface area contributed by atoms with Gasteiger partial charge in [-0.05, 0) is 42.3 Å². The Morgan fingerprint density at radius 3 is 2.39 bits per heavy atom. The van der Waals surface area contributed by atoms with E-state index in [4.69, 9.17) is 4.74 Å². The van der Waals surface area contributed by atoms with E-state index in [2.05, 4.69) is 14.9 Å². The molecule has 1 unspecified atom stereocenters. The number of carbonyl (C=O) groups is 2. The first-order valence-electron chi connectivity index (χ1n) is 15.1. The van der Waals surface area contributed by atoms with Crippen molar-refractivity contribution in [3.8, 4) is 16.9 Å². The number of nitrogens with zero attached hydrogens (tertiary/aromatic N) is 8. The van der Waals surface area contributed by atoms with Gasteiger partial charge >= 0.3 is 12.6 Å². The van der Waals surface area contributed by atoms with Crippen LogP contribution in [0.25, 0.3) is 22.0 Å². The van der Waals surface area contributed by atoms with Crippen LogP contribution in [-0.2, 0) is 24.9 Å². The maximum atomic E-state index is 13.4. The van der Waals surface area contributed by atoms with Crippen LogP contribution in [0.4, 0.5) is 19.5 Å².